The Morgan fingerprint density at radius 3 is 1.08 bits per heavy atom. The van der Waals surface area contributed by atoms with Crippen LogP contribution in [0.3, 0.4) is 0 Å². The predicted octanol–water partition coefficient (Wildman–Crippen LogP) is 18.1. The van der Waals surface area contributed by atoms with Gasteiger partial charge in [0.2, 0.25) is 0 Å². The van der Waals surface area contributed by atoms with Crippen molar-refractivity contribution < 1.29 is 0 Å². The first-order valence-corrected chi connectivity index (χ1v) is 27.9. The molecule has 0 atom stereocenters. The predicted molar refractivity (Wildman–Crippen MR) is 287 cm³/mol. The SMILES string of the molecule is CI(C)Cc1ccc(-c2c3ccccc3c(-c3ccc4ccc(-c5ccc(-c6ccccc6)cc5)c(-c5ccc(-c6ccc(-c7ccccc7)cc6)cc5)c4c3)c3ccccc23)cc1. The van der Waals surface area contributed by atoms with Gasteiger partial charge in [0.25, 0.3) is 0 Å². The van der Waals surface area contributed by atoms with Crippen LogP contribution in [0.4, 0.5) is 0 Å². The van der Waals surface area contributed by atoms with Crippen molar-refractivity contribution in [2.24, 2.45) is 0 Å². The summed E-state index contributed by atoms with van der Waals surface area (Å²) in [5, 5.41) is 7.56. The summed E-state index contributed by atoms with van der Waals surface area (Å²) in [6.45, 7) is 0. The Morgan fingerprint density at radius 2 is 0.609 bits per heavy atom. The topological polar surface area (TPSA) is 0 Å². The molecule has 0 radical (unpaired) electrons. The molecule has 0 aliphatic rings. The zero-order chi connectivity index (χ0) is 43.0. The number of fused-ring (bicyclic) bond motifs is 3. The molecule has 0 unspecified atom stereocenters. The number of halogens is 1. The van der Waals surface area contributed by atoms with Gasteiger partial charge in [0, 0.05) is 0 Å². The van der Waals surface area contributed by atoms with Gasteiger partial charge < -0.3 is 0 Å². The molecular formula is C63H47I. The summed E-state index contributed by atoms with van der Waals surface area (Å²) >= 11 is -0.884. The van der Waals surface area contributed by atoms with E-state index in [2.05, 4.69) is 246 Å². The summed E-state index contributed by atoms with van der Waals surface area (Å²) in [6, 6.07) is 87.7. The quantitative estimate of drug-likeness (QED) is 0.0769. The summed E-state index contributed by atoms with van der Waals surface area (Å²) in [4.78, 5) is 4.89. The third-order valence-corrected chi connectivity index (χ3v) is 15.1. The molecule has 0 aliphatic heterocycles. The Hall–Kier alpha value is -7.07. The Balaban J connectivity index is 1.08. The molecule has 0 bridgehead atoms. The van der Waals surface area contributed by atoms with Gasteiger partial charge >= 0.3 is 180 Å². The second-order valence-electron chi connectivity index (χ2n) is 17.0. The first-order valence-electron chi connectivity index (χ1n) is 22.0. The molecule has 0 saturated carbocycles. The van der Waals surface area contributed by atoms with Crippen molar-refractivity contribution in [2.75, 3.05) is 9.86 Å². The van der Waals surface area contributed by atoms with Crippen LogP contribution in [0.1, 0.15) is 5.56 Å². The second-order valence-corrected chi connectivity index (χ2v) is 22.9. The van der Waals surface area contributed by atoms with Gasteiger partial charge in [0.1, 0.15) is 0 Å². The van der Waals surface area contributed by atoms with Crippen LogP contribution in [-0.2, 0) is 4.43 Å². The third kappa shape index (κ3) is 7.61. The summed E-state index contributed by atoms with van der Waals surface area (Å²) in [5.74, 6) is 0. The summed E-state index contributed by atoms with van der Waals surface area (Å²) < 4.78 is 1.24. The van der Waals surface area contributed by atoms with Crippen molar-refractivity contribution in [2.45, 2.75) is 4.43 Å². The zero-order valence-electron chi connectivity index (χ0n) is 36.1. The van der Waals surface area contributed by atoms with E-state index in [0.29, 0.717) is 0 Å². The van der Waals surface area contributed by atoms with Gasteiger partial charge in [-0.2, -0.15) is 0 Å². The first-order chi connectivity index (χ1) is 31.6. The standard InChI is InChI=1S/C63H47I/c1-64(2)42-43-21-23-52(24-22-43)62-56-17-9-11-19-58(56)63(59-20-12-10-18-57(59)62)54-38-35-51-39-40-55(50-33-29-47(30-34-50)45-15-7-4-8-16-45)61(60(51)41-54)53-36-31-49(32-37-53)48-27-25-46(26-28-48)44-13-5-3-6-14-44/h3-41H,42H2,1-2H3. The van der Waals surface area contributed by atoms with E-state index >= 15 is 0 Å². The van der Waals surface area contributed by atoms with E-state index in [1.165, 1.54) is 120 Å². The monoisotopic (exact) mass is 930 g/mol. The van der Waals surface area contributed by atoms with E-state index in [0.717, 1.165) is 0 Å². The van der Waals surface area contributed by atoms with Gasteiger partial charge in [-0.15, -0.1) is 0 Å². The molecule has 0 fully saturated rings. The van der Waals surface area contributed by atoms with Gasteiger partial charge in [-0.25, -0.2) is 0 Å². The normalized spacial score (nSPS) is 11.6. The molecule has 0 spiro atoms. The molecular weight excluding hydrogens is 884 g/mol. The third-order valence-electron chi connectivity index (χ3n) is 12.7. The van der Waals surface area contributed by atoms with Crippen molar-refractivity contribution in [3.63, 3.8) is 0 Å². The maximum atomic E-state index is 2.46. The van der Waals surface area contributed by atoms with Crippen molar-refractivity contribution in [1.29, 1.82) is 0 Å². The number of alkyl halides is 3. The van der Waals surface area contributed by atoms with Gasteiger partial charge in [-0.1, -0.05) is 146 Å². The Bertz CT molecular complexity index is 3360. The number of hydrogen-bond donors (Lipinski definition) is 0. The van der Waals surface area contributed by atoms with Crippen LogP contribution in [0.5, 0.6) is 0 Å². The Labute approximate surface area is 383 Å². The van der Waals surface area contributed by atoms with Crippen LogP contribution in [0.2, 0.25) is 0 Å². The van der Waals surface area contributed by atoms with Crippen molar-refractivity contribution in [1.82, 2.24) is 0 Å². The van der Waals surface area contributed by atoms with Gasteiger partial charge in [-0.05, 0) is 61.0 Å². The van der Waals surface area contributed by atoms with E-state index in [9.17, 15) is 0 Å². The molecule has 1 heteroatoms. The Morgan fingerprint density at radius 1 is 0.266 bits per heavy atom. The summed E-state index contributed by atoms with van der Waals surface area (Å²) in [7, 11) is 0. The molecule has 0 amide bonds. The summed E-state index contributed by atoms with van der Waals surface area (Å²) in [6.07, 6.45) is 0. The molecule has 0 nitrogen and oxygen atoms in total. The Kier molecular flexibility index (Phi) is 10.7. The number of benzene rings is 11. The minimum absolute atomic E-state index is 0.884. The second kappa shape index (κ2) is 17.2. The molecule has 11 aromatic rings. The van der Waals surface area contributed by atoms with Gasteiger partial charge in [0.05, 0.1) is 0 Å². The van der Waals surface area contributed by atoms with E-state index in [1.54, 1.807) is 0 Å². The maximum absolute atomic E-state index is 2.46. The van der Waals surface area contributed by atoms with Crippen molar-refractivity contribution in [3.8, 4) is 77.9 Å². The fraction of sp³-hybridized carbons (Fsp3) is 0.0476. The molecule has 11 rings (SSSR count). The van der Waals surface area contributed by atoms with Crippen molar-refractivity contribution >= 4 is 52.1 Å². The molecule has 0 saturated heterocycles. The molecule has 306 valence electrons. The molecule has 0 heterocycles. The first kappa shape index (κ1) is 39.8. The van der Waals surface area contributed by atoms with E-state index in [-0.39, 0.29) is 0 Å². The molecule has 11 aromatic carbocycles. The summed E-state index contributed by atoms with van der Waals surface area (Å²) in [5.41, 5.74) is 18.7. The van der Waals surface area contributed by atoms with Crippen LogP contribution in [0.15, 0.2) is 237 Å². The molecule has 0 aliphatic carbocycles. The van der Waals surface area contributed by atoms with E-state index < -0.39 is 19.8 Å². The molecule has 0 aromatic heterocycles. The van der Waals surface area contributed by atoms with Crippen LogP contribution in [0.25, 0.3) is 110 Å². The average Bonchev–Trinajstić information content (AvgIpc) is 3.36. The van der Waals surface area contributed by atoms with Gasteiger partial charge in [0.15, 0.2) is 0 Å². The minimum atomic E-state index is -0.884. The van der Waals surface area contributed by atoms with Crippen LogP contribution < -0.4 is 0 Å². The van der Waals surface area contributed by atoms with E-state index in [4.69, 9.17) is 0 Å². The van der Waals surface area contributed by atoms with Crippen LogP contribution >= 0.6 is 19.8 Å². The van der Waals surface area contributed by atoms with Crippen LogP contribution in [0, 0.1) is 0 Å². The van der Waals surface area contributed by atoms with Crippen LogP contribution in [-0.4, -0.2) is 9.86 Å². The fourth-order valence-corrected chi connectivity index (χ4v) is 11.9. The number of rotatable bonds is 9. The molecule has 0 N–H and O–H groups in total. The molecule has 64 heavy (non-hydrogen) atoms. The van der Waals surface area contributed by atoms with Gasteiger partial charge in [-0.3, -0.25) is 0 Å². The zero-order valence-corrected chi connectivity index (χ0v) is 38.3. The average molecular weight is 931 g/mol. The number of hydrogen-bond acceptors (Lipinski definition) is 0. The van der Waals surface area contributed by atoms with Crippen molar-refractivity contribution in [3.05, 3.63) is 242 Å². The van der Waals surface area contributed by atoms with E-state index in [1.807, 2.05) is 0 Å². The fourth-order valence-electron chi connectivity index (χ4n) is 9.63.